The van der Waals surface area contributed by atoms with Crippen molar-refractivity contribution in [1.82, 2.24) is 9.78 Å². The normalized spacial score (nSPS) is 12.3. The van der Waals surface area contributed by atoms with Gasteiger partial charge in [0.05, 0.1) is 11.9 Å². The lowest BCUT2D eigenvalue weighted by Crippen LogP contribution is -2.04. The molecule has 0 fully saturated rings. The molecule has 0 aliphatic heterocycles. The Kier molecular flexibility index (Phi) is 3.55. The van der Waals surface area contributed by atoms with E-state index in [0.717, 1.165) is 6.54 Å². The molecular formula is C8H13ClN2O2S. The summed E-state index contributed by atoms with van der Waals surface area (Å²) in [6, 6.07) is 0. The van der Waals surface area contributed by atoms with Crippen LogP contribution in [0.2, 0.25) is 0 Å². The second-order valence-electron chi connectivity index (χ2n) is 3.65. The van der Waals surface area contributed by atoms with Crippen LogP contribution in [0.5, 0.6) is 0 Å². The zero-order valence-electron chi connectivity index (χ0n) is 8.14. The van der Waals surface area contributed by atoms with E-state index in [4.69, 9.17) is 10.7 Å². The van der Waals surface area contributed by atoms with Gasteiger partial charge in [0.15, 0.2) is 0 Å². The Morgan fingerprint density at radius 2 is 2.21 bits per heavy atom. The molecule has 6 heteroatoms. The highest BCUT2D eigenvalue weighted by atomic mass is 35.7. The second kappa shape index (κ2) is 4.31. The number of nitrogens with zero attached hydrogens (tertiary/aromatic N) is 2. The van der Waals surface area contributed by atoms with Gasteiger partial charge in [0.2, 0.25) is 9.05 Å². The molecule has 0 radical (unpaired) electrons. The summed E-state index contributed by atoms with van der Waals surface area (Å²) in [7, 11) is 1.64. The molecule has 0 N–H and O–H groups in total. The highest BCUT2D eigenvalue weighted by molar-refractivity contribution is 8.13. The first-order chi connectivity index (χ1) is 6.37. The fraction of sp³-hybridized carbons (Fsp3) is 0.625. The summed E-state index contributed by atoms with van der Waals surface area (Å²) in [5, 5.41) is 4.03. The molecule has 1 aromatic heterocycles. The zero-order chi connectivity index (χ0) is 10.8. The molecule has 14 heavy (non-hydrogen) atoms. The molecule has 80 valence electrons. The van der Waals surface area contributed by atoms with Crippen molar-refractivity contribution in [2.24, 2.45) is 5.92 Å². The third-order valence-corrected chi connectivity index (χ3v) is 2.58. The Bertz CT molecular complexity index is 397. The van der Waals surface area contributed by atoms with E-state index in [1.165, 1.54) is 6.20 Å². The molecule has 0 amide bonds. The minimum absolute atomic E-state index is 0.160. The fourth-order valence-electron chi connectivity index (χ4n) is 1.15. The van der Waals surface area contributed by atoms with E-state index in [1.807, 2.05) is 0 Å². The summed E-state index contributed by atoms with van der Waals surface area (Å²) in [4.78, 5) is 0. The molecular weight excluding hydrogens is 224 g/mol. The average molecular weight is 237 g/mol. The molecule has 0 spiro atoms. The maximum Gasteiger partial charge on any atom is 0.236 e. The van der Waals surface area contributed by atoms with Crippen LogP contribution in [-0.2, 0) is 21.3 Å². The van der Waals surface area contributed by atoms with E-state index < -0.39 is 9.05 Å². The summed E-state index contributed by atoms with van der Waals surface area (Å²) in [6.07, 6.45) is 3.24. The van der Waals surface area contributed by atoms with Crippen molar-refractivity contribution in [2.75, 3.05) is 0 Å². The first-order valence-corrected chi connectivity index (χ1v) is 6.78. The molecule has 0 bridgehead atoms. The van der Waals surface area contributed by atoms with Crippen molar-refractivity contribution in [3.63, 3.8) is 0 Å². The summed E-state index contributed by atoms with van der Waals surface area (Å²) in [5.41, 5.74) is 0.626. The summed E-state index contributed by atoms with van der Waals surface area (Å²) in [6.45, 7) is 4.92. The Hall–Kier alpha value is -0.550. The van der Waals surface area contributed by atoms with Crippen molar-refractivity contribution in [3.8, 4) is 0 Å². The van der Waals surface area contributed by atoms with Gasteiger partial charge in [-0.05, 0) is 5.92 Å². The van der Waals surface area contributed by atoms with E-state index in [9.17, 15) is 8.42 Å². The Balaban J connectivity index is 2.69. The van der Waals surface area contributed by atoms with Crippen LogP contribution in [0, 0.1) is 5.92 Å². The molecule has 0 aliphatic rings. The second-order valence-corrected chi connectivity index (χ2v) is 6.42. The van der Waals surface area contributed by atoms with Gasteiger partial charge in [-0.1, -0.05) is 13.8 Å². The van der Waals surface area contributed by atoms with Gasteiger partial charge in [0.1, 0.15) is 0 Å². The molecule has 0 aromatic carbocycles. The van der Waals surface area contributed by atoms with Gasteiger partial charge in [-0.2, -0.15) is 5.10 Å². The lowest BCUT2D eigenvalue weighted by Gasteiger charge is -2.03. The standard InChI is InChI=1S/C8H13ClN2O2S/c1-7(2)4-11-5-8(3-10-11)6-14(9,12)13/h3,5,7H,4,6H2,1-2H3. The van der Waals surface area contributed by atoms with Crippen LogP contribution in [0.3, 0.4) is 0 Å². The highest BCUT2D eigenvalue weighted by Gasteiger charge is 2.09. The predicted molar refractivity (Wildman–Crippen MR) is 55.5 cm³/mol. The van der Waals surface area contributed by atoms with E-state index in [0.29, 0.717) is 11.5 Å². The van der Waals surface area contributed by atoms with Crippen molar-refractivity contribution in [3.05, 3.63) is 18.0 Å². The SMILES string of the molecule is CC(C)Cn1cc(CS(=O)(=O)Cl)cn1. The molecule has 1 aromatic rings. The lowest BCUT2D eigenvalue weighted by atomic mass is 10.2. The van der Waals surface area contributed by atoms with E-state index >= 15 is 0 Å². The molecule has 4 nitrogen and oxygen atoms in total. The van der Waals surface area contributed by atoms with E-state index in [2.05, 4.69) is 18.9 Å². The van der Waals surface area contributed by atoms with Gasteiger partial charge < -0.3 is 0 Å². The van der Waals surface area contributed by atoms with Gasteiger partial charge in [-0.15, -0.1) is 0 Å². The molecule has 0 saturated heterocycles. The Morgan fingerprint density at radius 1 is 1.57 bits per heavy atom. The van der Waals surface area contributed by atoms with Crippen molar-refractivity contribution < 1.29 is 8.42 Å². The molecule has 0 aliphatic carbocycles. The third-order valence-electron chi connectivity index (χ3n) is 1.58. The van der Waals surface area contributed by atoms with Crippen LogP contribution < -0.4 is 0 Å². The van der Waals surface area contributed by atoms with Crippen molar-refractivity contribution >= 4 is 19.7 Å². The van der Waals surface area contributed by atoms with Crippen LogP contribution in [0.15, 0.2) is 12.4 Å². The monoisotopic (exact) mass is 236 g/mol. The van der Waals surface area contributed by atoms with Crippen LogP contribution in [0.25, 0.3) is 0 Å². The van der Waals surface area contributed by atoms with Crippen molar-refractivity contribution in [1.29, 1.82) is 0 Å². The minimum Gasteiger partial charge on any atom is -0.272 e. The number of rotatable bonds is 4. The van der Waals surface area contributed by atoms with E-state index in [1.54, 1.807) is 10.9 Å². The van der Waals surface area contributed by atoms with Crippen LogP contribution in [-0.4, -0.2) is 18.2 Å². The first-order valence-electron chi connectivity index (χ1n) is 4.30. The number of hydrogen-bond donors (Lipinski definition) is 0. The molecule has 0 unspecified atom stereocenters. The highest BCUT2D eigenvalue weighted by Crippen LogP contribution is 2.09. The van der Waals surface area contributed by atoms with Gasteiger partial charge in [0.25, 0.3) is 0 Å². The largest absolute Gasteiger partial charge is 0.272 e. The van der Waals surface area contributed by atoms with Gasteiger partial charge in [-0.25, -0.2) is 8.42 Å². The molecule has 1 rings (SSSR count). The van der Waals surface area contributed by atoms with Crippen LogP contribution in [0.1, 0.15) is 19.4 Å². The maximum atomic E-state index is 10.8. The quantitative estimate of drug-likeness (QED) is 0.747. The maximum absolute atomic E-state index is 10.8. The number of aromatic nitrogens is 2. The van der Waals surface area contributed by atoms with E-state index in [-0.39, 0.29) is 5.75 Å². The number of halogens is 1. The smallest absolute Gasteiger partial charge is 0.236 e. The minimum atomic E-state index is -3.47. The zero-order valence-corrected chi connectivity index (χ0v) is 9.72. The van der Waals surface area contributed by atoms with Gasteiger partial charge in [-0.3, -0.25) is 4.68 Å². The lowest BCUT2D eigenvalue weighted by molar-refractivity contribution is 0.483. The Labute approximate surface area is 88.3 Å². The van der Waals surface area contributed by atoms with Crippen LogP contribution in [0.4, 0.5) is 0 Å². The predicted octanol–water partition coefficient (Wildman–Crippen LogP) is 1.61. The number of hydrogen-bond acceptors (Lipinski definition) is 3. The summed E-state index contributed by atoms with van der Waals surface area (Å²) >= 11 is 0. The summed E-state index contributed by atoms with van der Waals surface area (Å²) < 4.78 is 23.2. The average Bonchev–Trinajstić information content (AvgIpc) is 2.30. The molecule has 0 atom stereocenters. The van der Waals surface area contributed by atoms with Gasteiger partial charge >= 0.3 is 0 Å². The topological polar surface area (TPSA) is 52.0 Å². The molecule has 0 saturated carbocycles. The molecule has 1 heterocycles. The Morgan fingerprint density at radius 3 is 2.71 bits per heavy atom. The van der Waals surface area contributed by atoms with Crippen LogP contribution >= 0.6 is 10.7 Å². The first kappa shape index (κ1) is 11.5. The third kappa shape index (κ3) is 4.11. The fourth-order valence-corrected chi connectivity index (χ4v) is 2.08. The summed E-state index contributed by atoms with van der Waals surface area (Å²) in [5.74, 6) is 0.322. The van der Waals surface area contributed by atoms with Gasteiger partial charge in [0, 0.05) is 29.0 Å². The van der Waals surface area contributed by atoms with Crippen molar-refractivity contribution in [2.45, 2.75) is 26.1 Å².